The summed E-state index contributed by atoms with van der Waals surface area (Å²) in [6, 6.07) is 10.2. The predicted molar refractivity (Wildman–Crippen MR) is 72.2 cm³/mol. The predicted octanol–water partition coefficient (Wildman–Crippen LogP) is 1.99. The van der Waals surface area contributed by atoms with Crippen LogP contribution < -0.4 is 0 Å². The number of hydrogen-bond donors (Lipinski definition) is 0. The summed E-state index contributed by atoms with van der Waals surface area (Å²) in [4.78, 5) is 0. The van der Waals surface area contributed by atoms with Gasteiger partial charge in [-0.3, -0.25) is 0 Å². The molecule has 7 heteroatoms. The number of nitriles is 2. The third-order valence-corrected chi connectivity index (χ3v) is 3.98. The Morgan fingerprint density at radius 3 is 2.32 bits per heavy atom. The number of rotatable bonds is 5. The minimum absolute atomic E-state index is 0.372. The van der Waals surface area contributed by atoms with Crippen LogP contribution in [-0.2, 0) is 10.0 Å². The molecule has 0 atom stereocenters. The van der Waals surface area contributed by atoms with Crippen LogP contribution in [0.5, 0.6) is 0 Å². The fourth-order valence-corrected chi connectivity index (χ4v) is 2.41. The monoisotopic (exact) mass is 295 g/mol. The summed E-state index contributed by atoms with van der Waals surface area (Å²) in [5, 5.41) is 18.4. The molecule has 0 saturated heterocycles. The van der Waals surface area contributed by atoms with Gasteiger partial charge in [0.1, 0.15) is 13.1 Å². The molecule has 0 radical (unpaired) electrons. The van der Waals surface area contributed by atoms with E-state index < -0.39 is 10.0 Å². The second-order valence-electron chi connectivity index (χ2n) is 3.45. The van der Waals surface area contributed by atoms with Crippen molar-refractivity contribution in [3.63, 3.8) is 0 Å². The average Bonchev–Trinajstić information content (AvgIpc) is 2.37. The number of sulfonamides is 1. The lowest BCUT2D eigenvalue weighted by atomic mass is 10.2. The van der Waals surface area contributed by atoms with Gasteiger partial charge in [0.15, 0.2) is 0 Å². The Bertz CT molecular complexity index is 640. The van der Waals surface area contributed by atoms with Crippen LogP contribution in [0, 0.1) is 22.7 Å². The Labute approximate surface area is 117 Å². The SMILES string of the molecule is N#CCN(CC#N)S(=O)(=O)/C=C\c1ccccc1Cl. The largest absolute Gasteiger partial charge is 0.238 e. The molecule has 19 heavy (non-hydrogen) atoms. The minimum Gasteiger partial charge on any atom is -0.207 e. The maximum Gasteiger partial charge on any atom is 0.238 e. The van der Waals surface area contributed by atoms with E-state index in [2.05, 4.69) is 0 Å². The first-order valence-electron chi connectivity index (χ1n) is 5.18. The molecule has 0 N–H and O–H groups in total. The van der Waals surface area contributed by atoms with Gasteiger partial charge in [0.05, 0.1) is 12.1 Å². The van der Waals surface area contributed by atoms with Gasteiger partial charge in [-0.05, 0) is 17.7 Å². The molecule has 0 heterocycles. The molecule has 0 aromatic heterocycles. The molecule has 0 aliphatic carbocycles. The van der Waals surface area contributed by atoms with E-state index >= 15 is 0 Å². The molecule has 0 aliphatic heterocycles. The van der Waals surface area contributed by atoms with Gasteiger partial charge in [-0.2, -0.15) is 14.8 Å². The topological polar surface area (TPSA) is 85.0 Å². The fraction of sp³-hybridized carbons (Fsp3) is 0.167. The quantitative estimate of drug-likeness (QED) is 0.777. The Kier molecular flexibility index (Phi) is 5.53. The molecule has 1 aromatic rings. The lowest BCUT2D eigenvalue weighted by Crippen LogP contribution is -2.30. The molecule has 0 unspecified atom stereocenters. The van der Waals surface area contributed by atoms with Gasteiger partial charge in [0.25, 0.3) is 0 Å². The fourth-order valence-electron chi connectivity index (χ4n) is 1.25. The number of hydrogen-bond acceptors (Lipinski definition) is 4. The van der Waals surface area contributed by atoms with E-state index in [-0.39, 0.29) is 13.1 Å². The maximum atomic E-state index is 11.9. The molecular weight excluding hydrogens is 286 g/mol. The van der Waals surface area contributed by atoms with Crippen molar-refractivity contribution in [2.24, 2.45) is 0 Å². The lowest BCUT2D eigenvalue weighted by Gasteiger charge is -2.12. The highest BCUT2D eigenvalue weighted by molar-refractivity contribution is 7.92. The van der Waals surface area contributed by atoms with Crippen molar-refractivity contribution < 1.29 is 8.42 Å². The van der Waals surface area contributed by atoms with Crippen molar-refractivity contribution in [2.45, 2.75) is 0 Å². The van der Waals surface area contributed by atoms with Gasteiger partial charge >= 0.3 is 0 Å². The highest BCUT2D eigenvalue weighted by Gasteiger charge is 2.18. The molecule has 0 bridgehead atoms. The summed E-state index contributed by atoms with van der Waals surface area (Å²) in [6.45, 7) is -0.745. The zero-order valence-electron chi connectivity index (χ0n) is 9.82. The molecule has 0 saturated carbocycles. The Morgan fingerprint density at radius 2 is 1.79 bits per heavy atom. The average molecular weight is 296 g/mol. The Morgan fingerprint density at radius 1 is 1.21 bits per heavy atom. The van der Waals surface area contributed by atoms with E-state index in [1.165, 1.54) is 6.08 Å². The van der Waals surface area contributed by atoms with Crippen LogP contribution in [0.1, 0.15) is 5.56 Å². The van der Waals surface area contributed by atoms with E-state index in [1.54, 1.807) is 36.4 Å². The van der Waals surface area contributed by atoms with E-state index in [0.29, 0.717) is 10.6 Å². The first-order valence-corrected chi connectivity index (χ1v) is 7.06. The molecule has 0 spiro atoms. The van der Waals surface area contributed by atoms with Crippen LogP contribution in [0.2, 0.25) is 5.02 Å². The standard InChI is InChI=1S/C12H10ClN3O2S/c13-12-4-2-1-3-11(12)5-10-19(17,18)16(8-6-14)9-7-15/h1-5,10H,8-9H2/b10-5-. The van der Waals surface area contributed by atoms with Gasteiger partial charge in [-0.25, -0.2) is 8.42 Å². The maximum absolute atomic E-state index is 11.9. The highest BCUT2D eigenvalue weighted by Crippen LogP contribution is 2.17. The van der Waals surface area contributed by atoms with Gasteiger partial charge in [-0.15, -0.1) is 0 Å². The Balaban J connectivity index is 3.00. The van der Waals surface area contributed by atoms with Crippen LogP contribution in [0.4, 0.5) is 0 Å². The van der Waals surface area contributed by atoms with E-state index in [1.807, 2.05) is 0 Å². The third kappa shape index (κ3) is 4.38. The van der Waals surface area contributed by atoms with Gasteiger partial charge < -0.3 is 0 Å². The summed E-state index contributed by atoms with van der Waals surface area (Å²) >= 11 is 5.89. The number of nitrogens with zero attached hydrogens (tertiary/aromatic N) is 3. The first kappa shape index (κ1) is 15.2. The van der Waals surface area contributed by atoms with Crippen molar-refractivity contribution in [1.29, 1.82) is 10.5 Å². The van der Waals surface area contributed by atoms with Crippen LogP contribution in [0.25, 0.3) is 6.08 Å². The summed E-state index contributed by atoms with van der Waals surface area (Å²) in [5.74, 6) is 0. The van der Waals surface area contributed by atoms with Gasteiger partial charge in [-0.1, -0.05) is 29.8 Å². The van der Waals surface area contributed by atoms with Crippen molar-refractivity contribution in [1.82, 2.24) is 4.31 Å². The third-order valence-electron chi connectivity index (χ3n) is 2.18. The second kappa shape index (κ2) is 6.91. The smallest absolute Gasteiger partial charge is 0.207 e. The number of halogens is 1. The zero-order chi connectivity index (χ0) is 14.3. The van der Waals surface area contributed by atoms with Crippen LogP contribution in [0.3, 0.4) is 0 Å². The highest BCUT2D eigenvalue weighted by atomic mass is 35.5. The molecule has 1 aromatic carbocycles. The van der Waals surface area contributed by atoms with E-state index in [9.17, 15) is 8.42 Å². The molecule has 1 rings (SSSR count). The molecule has 5 nitrogen and oxygen atoms in total. The van der Waals surface area contributed by atoms with Crippen molar-refractivity contribution >= 4 is 27.7 Å². The zero-order valence-corrected chi connectivity index (χ0v) is 11.4. The lowest BCUT2D eigenvalue weighted by molar-refractivity contribution is 0.488. The van der Waals surface area contributed by atoms with Crippen LogP contribution in [0.15, 0.2) is 29.7 Å². The van der Waals surface area contributed by atoms with Crippen LogP contribution in [-0.4, -0.2) is 25.8 Å². The van der Waals surface area contributed by atoms with E-state index in [4.69, 9.17) is 22.1 Å². The summed E-state index contributed by atoms with van der Waals surface area (Å²) in [6.07, 6.45) is 1.33. The number of benzene rings is 1. The molecule has 0 aliphatic rings. The molecule has 98 valence electrons. The van der Waals surface area contributed by atoms with Crippen molar-refractivity contribution in [3.8, 4) is 12.1 Å². The Hall–Kier alpha value is -1.86. The normalized spacial score (nSPS) is 11.4. The minimum atomic E-state index is -3.81. The van der Waals surface area contributed by atoms with Crippen molar-refractivity contribution in [2.75, 3.05) is 13.1 Å². The molecule has 0 amide bonds. The second-order valence-corrected chi connectivity index (χ2v) is 5.68. The summed E-state index contributed by atoms with van der Waals surface area (Å²) in [5.41, 5.74) is 0.543. The summed E-state index contributed by atoms with van der Waals surface area (Å²) in [7, 11) is -3.81. The van der Waals surface area contributed by atoms with Gasteiger partial charge in [0, 0.05) is 10.4 Å². The molecular formula is C12H10ClN3O2S. The van der Waals surface area contributed by atoms with Crippen molar-refractivity contribution in [3.05, 3.63) is 40.3 Å². The molecule has 0 fully saturated rings. The summed E-state index contributed by atoms with van der Waals surface area (Å²) < 4.78 is 24.6. The van der Waals surface area contributed by atoms with E-state index in [0.717, 1.165) is 9.71 Å². The van der Waals surface area contributed by atoms with Crippen LogP contribution >= 0.6 is 11.6 Å². The first-order chi connectivity index (χ1) is 9.01. The van der Waals surface area contributed by atoms with Gasteiger partial charge in [0.2, 0.25) is 10.0 Å².